The van der Waals surface area contributed by atoms with Gasteiger partial charge in [-0.15, -0.1) is 0 Å². The van der Waals surface area contributed by atoms with E-state index in [2.05, 4.69) is 5.10 Å². The Bertz CT molecular complexity index is 528. The van der Waals surface area contributed by atoms with E-state index in [9.17, 15) is 39.9 Å². The molecule has 1 aromatic heterocycles. The van der Waals surface area contributed by atoms with Gasteiger partial charge in [-0.1, -0.05) is 6.92 Å². The predicted molar refractivity (Wildman–Crippen MR) is 52.9 cm³/mol. The molecule has 3 nitrogen and oxygen atoms in total. The van der Waals surface area contributed by atoms with Gasteiger partial charge in [0.05, 0.1) is 0 Å². The molecule has 0 aliphatic heterocycles. The van der Waals surface area contributed by atoms with Crippen LogP contribution >= 0.6 is 0 Å². The summed E-state index contributed by atoms with van der Waals surface area (Å²) < 4.78 is 102. The second-order valence-corrected chi connectivity index (χ2v) is 4.02. The molecule has 0 radical (unpaired) electrons. The highest BCUT2D eigenvalue weighted by Gasteiger charge is 2.64. The standard InChI is InChI=1S/C10H8F8N2O/c1-2-3-20-5(4-21)6(9(13,14)15)7(19-20)8(11,12)10(16,17)18/h4H,2-3H2,1H3. The van der Waals surface area contributed by atoms with Crippen molar-refractivity contribution in [2.24, 2.45) is 0 Å². The average Bonchev–Trinajstić information content (AvgIpc) is 2.66. The molecule has 0 aliphatic carbocycles. The van der Waals surface area contributed by atoms with Crippen LogP contribution in [-0.2, 0) is 18.6 Å². The van der Waals surface area contributed by atoms with Crippen LogP contribution in [0.25, 0.3) is 0 Å². The number of aromatic nitrogens is 2. The van der Waals surface area contributed by atoms with Crippen molar-refractivity contribution in [3.8, 4) is 0 Å². The van der Waals surface area contributed by atoms with E-state index < -0.39 is 48.1 Å². The largest absolute Gasteiger partial charge is 0.459 e. The van der Waals surface area contributed by atoms with E-state index in [1.54, 1.807) is 0 Å². The molecule has 0 aromatic carbocycles. The first-order valence-electron chi connectivity index (χ1n) is 5.46. The van der Waals surface area contributed by atoms with Crippen LogP contribution < -0.4 is 0 Å². The maximum Gasteiger partial charge on any atom is 0.459 e. The van der Waals surface area contributed by atoms with E-state index in [-0.39, 0.29) is 11.1 Å². The van der Waals surface area contributed by atoms with Crippen molar-refractivity contribution in [2.45, 2.75) is 38.2 Å². The maximum atomic E-state index is 13.2. The SMILES string of the molecule is CCCn1nc(C(F)(F)C(F)(F)F)c(C(F)(F)F)c1C=O. The summed E-state index contributed by atoms with van der Waals surface area (Å²) >= 11 is 0. The molecular formula is C10H8F8N2O. The van der Waals surface area contributed by atoms with Gasteiger partial charge in [-0.2, -0.15) is 40.2 Å². The lowest BCUT2D eigenvalue weighted by Crippen LogP contribution is -2.36. The molecule has 21 heavy (non-hydrogen) atoms. The summed E-state index contributed by atoms with van der Waals surface area (Å²) in [6.07, 6.45) is -12.2. The van der Waals surface area contributed by atoms with E-state index in [0.717, 1.165) is 0 Å². The fourth-order valence-electron chi connectivity index (χ4n) is 1.61. The fourth-order valence-corrected chi connectivity index (χ4v) is 1.61. The Morgan fingerprint density at radius 2 is 1.62 bits per heavy atom. The summed E-state index contributed by atoms with van der Waals surface area (Å²) in [5, 5.41) is 2.67. The average molecular weight is 324 g/mol. The minimum absolute atomic E-state index is 0.0802. The highest BCUT2D eigenvalue weighted by Crippen LogP contribution is 2.48. The minimum Gasteiger partial charge on any atom is -0.296 e. The Morgan fingerprint density at radius 1 is 1.10 bits per heavy atom. The van der Waals surface area contributed by atoms with Crippen molar-refractivity contribution >= 4 is 6.29 Å². The van der Waals surface area contributed by atoms with Crippen molar-refractivity contribution in [2.75, 3.05) is 0 Å². The summed E-state index contributed by atoms with van der Waals surface area (Å²) in [6.45, 7) is 1.01. The zero-order valence-electron chi connectivity index (χ0n) is 10.3. The first-order chi connectivity index (χ1) is 9.37. The second kappa shape index (κ2) is 5.26. The van der Waals surface area contributed by atoms with E-state index in [0.29, 0.717) is 0 Å². The second-order valence-electron chi connectivity index (χ2n) is 4.02. The molecule has 0 saturated heterocycles. The van der Waals surface area contributed by atoms with Gasteiger partial charge in [0.2, 0.25) is 0 Å². The van der Waals surface area contributed by atoms with Gasteiger partial charge in [-0.25, -0.2) is 0 Å². The summed E-state index contributed by atoms with van der Waals surface area (Å²) in [5.41, 5.74) is -6.24. The van der Waals surface area contributed by atoms with E-state index >= 15 is 0 Å². The topological polar surface area (TPSA) is 34.9 Å². The highest BCUT2D eigenvalue weighted by molar-refractivity contribution is 5.76. The van der Waals surface area contributed by atoms with E-state index in [4.69, 9.17) is 0 Å². The van der Waals surface area contributed by atoms with Crippen molar-refractivity contribution in [1.29, 1.82) is 0 Å². The Morgan fingerprint density at radius 3 is 1.95 bits per heavy atom. The van der Waals surface area contributed by atoms with Crippen molar-refractivity contribution in [3.05, 3.63) is 17.0 Å². The quantitative estimate of drug-likeness (QED) is 0.624. The van der Waals surface area contributed by atoms with Crippen molar-refractivity contribution < 1.29 is 39.9 Å². The molecule has 1 heterocycles. The molecule has 0 saturated carbocycles. The Labute approximate surface area is 112 Å². The van der Waals surface area contributed by atoms with Gasteiger partial charge in [0.15, 0.2) is 12.0 Å². The lowest BCUT2D eigenvalue weighted by Gasteiger charge is -2.19. The van der Waals surface area contributed by atoms with E-state index in [1.807, 2.05) is 0 Å². The molecule has 0 amide bonds. The fraction of sp³-hybridized carbons (Fsp3) is 0.600. The summed E-state index contributed by atoms with van der Waals surface area (Å²) in [4.78, 5) is 10.7. The normalized spacial score (nSPS) is 13.6. The molecular weight excluding hydrogens is 316 g/mol. The van der Waals surface area contributed by atoms with Crippen LogP contribution in [0.2, 0.25) is 0 Å². The van der Waals surface area contributed by atoms with Crippen molar-refractivity contribution in [1.82, 2.24) is 9.78 Å². The first kappa shape index (κ1) is 17.4. The van der Waals surface area contributed by atoms with Gasteiger partial charge in [0, 0.05) is 6.54 Å². The van der Waals surface area contributed by atoms with Crippen LogP contribution in [0.5, 0.6) is 0 Å². The van der Waals surface area contributed by atoms with Gasteiger partial charge in [0.1, 0.15) is 11.3 Å². The Balaban J connectivity index is 3.70. The molecule has 0 unspecified atom stereocenters. The Hall–Kier alpha value is -1.68. The molecule has 120 valence electrons. The van der Waals surface area contributed by atoms with Gasteiger partial charge < -0.3 is 0 Å². The number of carbonyl (C=O) groups is 1. The number of carbonyl (C=O) groups excluding carboxylic acids is 1. The lowest BCUT2D eigenvalue weighted by molar-refractivity contribution is -0.292. The summed E-state index contributed by atoms with van der Waals surface area (Å²) in [7, 11) is 0. The number of hydrogen-bond donors (Lipinski definition) is 0. The van der Waals surface area contributed by atoms with Gasteiger partial charge in [-0.05, 0) is 6.42 Å². The number of alkyl halides is 8. The van der Waals surface area contributed by atoms with E-state index in [1.165, 1.54) is 6.92 Å². The first-order valence-corrected chi connectivity index (χ1v) is 5.46. The third-order valence-electron chi connectivity index (χ3n) is 2.48. The minimum atomic E-state index is -6.27. The highest BCUT2D eigenvalue weighted by atomic mass is 19.4. The molecule has 0 spiro atoms. The zero-order valence-corrected chi connectivity index (χ0v) is 10.3. The van der Waals surface area contributed by atoms with Crippen molar-refractivity contribution in [3.63, 3.8) is 0 Å². The molecule has 11 heteroatoms. The predicted octanol–water partition coefficient (Wildman–Crippen LogP) is 3.78. The van der Waals surface area contributed by atoms with Crippen LogP contribution in [0.1, 0.15) is 35.1 Å². The van der Waals surface area contributed by atoms with Gasteiger partial charge in [0.25, 0.3) is 0 Å². The Kier molecular flexibility index (Phi) is 4.35. The molecule has 1 rings (SSSR count). The summed E-state index contributed by atoms with van der Waals surface area (Å²) in [6, 6.07) is 0. The number of aryl methyl sites for hydroxylation is 1. The molecule has 1 aromatic rings. The third kappa shape index (κ3) is 3.00. The third-order valence-corrected chi connectivity index (χ3v) is 2.48. The van der Waals surface area contributed by atoms with Gasteiger partial charge >= 0.3 is 18.3 Å². The molecule has 0 aliphatic rings. The van der Waals surface area contributed by atoms with Gasteiger partial charge in [-0.3, -0.25) is 9.48 Å². The number of hydrogen-bond acceptors (Lipinski definition) is 2. The molecule has 0 bridgehead atoms. The van der Waals surface area contributed by atoms with Crippen LogP contribution in [0.4, 0.5) is 35.1 Å². The lowest BCUT2D eigenvalue weighted by atomic mass is 10.1. The number of rotatable bonds is 4. The smallest absolute Gasteiger partial charge is 0.296 e. The molecule has 0 atom stereocenters. The van der Waals surface area contributed by atoms with Crippen LogP contribution in [-0.4, -0.2) is 22.2 Å². The summed E-state index contributed by atoms with van der Waals surface area (Å²) in [5.74, 6) is -5.82. The monoisotopic (exact) mass is 324 g/mol. The molecule has 0 fully saturated rings. The number of nitrogens with zero attached hydrogens (tertiary/aromatic N) is 2. The van der Waals surface area contributed by atoms with Crippen LogP contribution in [0.15, 0.2) is 0 Å². The maximum absolute atomic E-state index is 13.2. The molecule has 0 N–H and O–H groups in total. The zero-order chi connectivity index (χ0) is 16.6. The number of halogens is 8. The van der Waals surface area contributed by atoms with Crippen LogP contribution in [0.3, 0.4) is 0 Å². The number of aldehydes is 1. The van der Waals surface area contributed by atoms with Crippen LogP contribution in [0, 0.1) is 0 Å².